The number of hydrogen-bond acceptors (Lipinski definition) is 4. The van der Waals surface area contributed by atoms with E-state index in [0.717, 1.165) is 29.5 Å². The third-order valence-electron chi connectivity index (χ3n) is 6.08. The number of nitrogens with one attached hydrogen (secondary N) is 1. The molecule has 1 heterocycles. The lowest BCUT2D eigenvalue weighted by atomic mass is 9.99. The van der Waals surface area contributed by atoms with Crippen LogP contribution in [0.1, 0.15) is 63.6 Å². The van der Waals surface area contributed by atoms with E-state index in [0.29, 0.717) is 37.5 Å². The van der Waals surface area contributed by atoms with Crippen LogP contribution < -0.4 is 5.32 Å². The average molecular weight is 523 g/mol. The molecule has 3 aromatic rings. The maximum atomic E-state index is 14.1. The van der Waals surface area contributed by atoms with Gasteiger partial charge in [-0.25, -0.2) is 13.6 Å². The van der Waals surface area contributed by atoms with E-state index in [1.165, 1.54) is 18.2 Å². The molecule has 0 saturated carbocycles. The number of carbonyl (C=O) groups is 1. The van der Waals surface area contributed by atoms with Crippen LogP contribution in [0.25, 0.3) is 11.1 Å². The lowest BCUT2D eigenvalue weighted by molar-refractivity contribution is 0.0768. The predicted octanol–water partition coefficient (Wildman–Crippen LogP) is 8.35. The smallest absolute Gasteiger partial charge is 0.411 e. The van der Waals surface area contributed by atoms with Crippen molar-refractivity contribution in [3.05, 3.63) is 89.5 Å². The summed E-state index contributed by atoms with van der Waals surface area (Å²) >= 11 is 0. The zero-order valence-corrected chi connectivity index (χ0v) is 22.3. The Labute approximate surface area is 223 Å². The van der Waals surface area contributed by atoms with Crippen LogP contribution in [-0.4, -0.2) is 31.6 Å². The van der Waals surface area contributed by atoms with Crippen LogP contribution in [0, 0.1) is 11.6 Å². The number of benzene rings is 3. The molecule has 0 saturated heterocycles. The van der Waals surface area contributed by atoms with Crippen LogP contribution >= 0.6 is 0 Å². The lowest BCUT2D eigenvalue weighted by Gasteiger charge is -2.10. The highest BCUT2D eigenvalue weighted by atomic mass is 19.1. The first kappa shape index (κ1) is 29.0. The lowest BCUT2D eigenvalue weighted by Crippen LogP contribution is -2.16. The number of hydrogen-bond donors (Lipinski definition) is 1. The summed E-state index contributed by atoms with van der Waals surface area (Å²) in [4.78, 5) is 16.5. The fraction of sp³-hybridized carbons (Fsp3) is 0.355. The molecule has 1 N–H and O–H groups in total. The Hall–Kier alpha value is -3.58. The summed E-state index contributed by atoms with van der Waals surface area (Å²) in [7, 11) is 0. The molecule has 4 rings (SSSR count). The quantitative estimate of drug-likeness (QED) is 0.272. The number of rotatable bonds is 10. The molecular weight excluding hydrogens is 486 g/mol. The van der Waals surface area contributed by atoms with Gasteiger partial charge >= 0.3 is 6.09 Å². The molecule has 38 heavy (non-hydrogen) atoms. The van der Waals surface area contributed by atoms with E-state index in [2.05, 4.69) is 17.2 Å². The van der Waals surface area contributed by atoms with E-state index in [-0.39, 0.29) is 18.2 Å². The minimum atomic E-state index is -0.577. The molecule has 1 amide bonds. The van der Waals surface area contributed by atoms with Crippen molar-refractivity contribution in [2.75, 3.05) is 25.1 Å². The van der Waals surface area contributed by atoms with Crippen LogP contribution in [-0.2, 0) is 9.47 Å². The van der Waals surface area contributed by atoms with Gasteiger partial charge in [0.2, 0.25) is 0 Å². The van der Waals surface area contributed by atoms with E-state index in [1.807, 2.05) is 62.4 Å². The molecule has 0 bridgehead atoms. The van der Waals surface area contributed by atoms with Crippen LogP contribution in [0.5, 0.6) is 0 Å². The van der Waals surface area contributed by atoms with Crippen molar-refractivity contribution in [3.8, 4) is 11.1 Å². The number of ether oxygens (including phenoxy) is 2. The van der Waals surface area contributed by atoms with Crippen molar-refractivity contribution >= 4 is 17.5 Å². The van der Waals surface area contributed by atoms with E-state index in [9.17, 15) is 13.6 Å². The Balaban J connectivity index is 0.00000195. The number of aliphatic imine (C=N–C) groups is 1. The van der Waals surface area contributed by atoms with Gasteiger partial charge in [-0.1, -0.05) is 69.7 Å². The van der Waals surface area contributed by atoms with Gasteiger partial charge in [0, 0.05) is 18.0 Å². The Morgan fingerprint density at radius 2 is 1.55 bits per heavy atom. The second-order valence-corrected chi connectivity index (χ2v) is 8.65. The molecule has 202 valence electrons. The molecule has 0 aliphatic carbocycles. The summed E-state index contributed by atoms with van der Waals surface area (Å²) in [6.45, 7) is 7.36. The SMILES string of the molecule is CC.CCCCOCCOC(=O)Nc1ccc(-c2ccc(C3CCC(c4c(F)cccc4F)=N3)cc2)cc1. The Bertz CT molecular complexity index is 1170. The molecular formula is C31H36F2N2O3. The summed E-state index contributed by atoms with van der Waals surface area (Å²) < 4.78 is 38.7. The van der Waals surface area contributed by atoms with E-state index >= 15 is 0 Å². The zero-order valence-electron chi connectivity index (χ0n) is 22.3. The van der Waals surface area contributed by atoms with Crippen molar-refractivity contribution in [2.24, 2.45) is 4.99 Å². The largest absolute Gasteiger partial charge is 0.447 e. The predicted molar refractivity (Wildman–Crippen MR) is 149 cm³/mol. The first-order valence-corrected chi connectivity index (χ1v) is 13.3. The maximum Gasteiger partial charge on any atom is 0.411 e. The van der Waals surface area contributed by atoms with Crippen molar-refractivity contribution in [3.63, 3.8) is 0 Å². The fourth-order valence-electron chi connectivity index (χ4n) is 4.13. The number of unbranched alkanes of at least 4 members (excludes halogenated alkanes) is 1. The van der Waals surface area contributed by atoms with Crippen LogP contribution in [0.3, 0.4) is 0 Å². The van der Waals surface area contributed by atoms with Gasteiger partial charge in [-0.3, -0.25) is 10.3 Å². The molecule has 5 nitrogen and oxygen atoms in total. The van der Waals surface area contributed by atoms with Gasteiger partial charge in [0.15, 0.2) is 0 Å². The van der Waals surface area contributed by atoms with Gasteiger partial charge in [0.05, 0.1) is 18.2 Å². The number of carbonyl (C=O) groups excluding carboxylic acids is 1. The first-order valence-electron chi connectivity index (χ1n) is 13.3. The standard InChI is InChI=1S/C29H30F2N2O3.C2H6/c1-2-3-17-35-18-19-36-29(34)32-23-13-11-21(12-14-23)20-7-9-22(10-8-20)26-15-16-27(33-26)28-24(30)5-4-6-25(28)31;1-2/h4-14,26H,2-3,15-19H2,1H3,(H,32,34);1-2H3. The third kappa shape index (κ3) is 7.96. The van der Waals surface area contributed by atoms with Crippen molar-refractivity contribution in [1.82, 2.24) is 0 Å². The summed E-state index contributed by atoms with van der Waals surface area (Å²) in [5.74, 6) is -1.15. The van der Waals surface area contributed by atoms with Crippen molar-refractivity contribution in [2.45, 2.75) is 52.5 Å². The highest BCUT2D eigenvalue weighted by Crippen LogP contribution is 2.33. The summed E-state index contributed by atoms with van der Waals surface area (Å²) in [6.07, 6.45) is 2.79. The van der Waals surface area contributed by atoms with Gasteiger partial charge < -0.3 is 9.47 Å². The number of anilines is 1. The molecule has 7 heteroatoms. The van der Waals surface area contributed by atoms with E-state index in [4.69, 9.17) is 9.47 Å². The third-order valence-corrected chi connectivity index (χ3v) is 6.08. The highest BCUT2D eigenvalue weighted by Gasteiger charge is 2.24. The van der Waals surface area contributed by atoms with Gasteiger partial charge in [-0.2, -0.15) is 0 Å². The molecule has 0 fully saturated rings. The van der Waals surface area contributed by atoms with E-state index in [1.54, 1.807) is 0 Å². The minimum absolute atomic E-state index is 0.0190. The van der Waals surface area contributed by atoms with E-state index < -0.39 is 17.7 Å². The maximum absolute atomic E-state index is 14.1. The molecule has 1 unspecified atom stereocenters. The second kappa shape index (κ2) is 15.0. The molecule has 1 aliphatic heterocycles. The van der Waals surface area contributed by atoms with Crippen LogP contribution in [0.4, 0.5) is 19.3 Å². The monoisotopic (exact) mass is 522 g/mol. The minimum Gasteiger partial charge on any atom is -0.447 e. The van der Waals surface area contributed by atoms with Gasteiger partial charge in [0.25, 0.3) is 0 Å². The van der Waals surface area contributed by atoms with Crippen molar-refractivity contribution in [1.29, 1.82) is 0 Å². The Morgan fingerprint density at radius 1 is 0.921 bits per heavy atom. The number of halogens is 2. The topological polar surface area (TPSA) is 59.9 Å². The second-order valence-electron chi connectivity index (χ2n) is 8.65. The zero-order chi connectivity index (χ0) is 27.3. The molecule has 0 spiro atoms. The Morgan fingerprint density at radius 3 is 2.18 bits per heavy atom. The summed E-state index contributed by atoms with van der Waals surface area (Å²) in [5.41, 5.74) is 4.11. The molecule has 0 aromatic heterocycles. The number of amides is 1. The van der Waals surface area contributed by atoms with Gasteiger partial charge in [-0.05, 0) is 60.2 Å². The molecule has 1 atom stereocenters. The summed E-state index contributed by atoms with van der Waals surface area (Å²) in [5, 5.41) is 2.71. The normalized spacial score (nSPS) is 14.3. The highest BCUT2D eigenvalue weighted by molar-refractivity contribution is 6.02. The molecule has 3 aromatic carbocycles. The molecule has 1 aliphatic rings. The van der Waals surface area contributed by atoms with Gasteiger partial charge in [-0.15, -0.1) is 0 Å². The first-order chi connectivity index (χ1) is 18.5. The fourth-order valence-corrected chi connectivity index (χ4v) is 4.13. The molecule has 0 radical (unpaired) electrons. The number of nitrogens with zero attached hydrogens (tertiary/aromatic N) is 1. The van der Waals surface area contributed by atoms with Crippen LogP contribution in [0.15, 0.2) is 71.7 Å². The van der Waals surface area contributed by atoms with Crippen molar-refractivity contribution < 1.29 is 23.0 Å². The average Bonchev–Trinajstić information content (AvgIpc) is 3.42. The van der Waals surface area contributed by atoms with Gasteiger partial charge in [0.1, 0.15) is 18.2 Å². The Kier molecular flexibility index (Phi) is 11.4. The summed E-state index contributed by atoms with van der Waals surface area (Å²) in [6, 6.07) is 19.2. The van der Waals surface area contributed by atoms with Crippen LogP contribution in [0.2, 0.25) is 0 Å².